The highest BCUT2D eigenvalue weighted by molar-refractivity contribution is 6.17. The Bertz CT molecular complexity index is 300. The van der Waals surface area contributed by atoms with E-state index in [1.165, 1.54) is 11.1 Å². The molecule has 2 N–H and O–H groups in total. The highest BCUT2D eigenvalue weighted by Crippen LogP contribution is 2.22. The summed E-state index contributed by atoms with van der Waals surface area (Å²) in [6.45, 7) is 2.91. The standard InChI is InChI=1S/C11H14ClNO.ClH/c12-7-9-3-1-2-4-10(9)11-8-13-5-6-14-11;/h1-4,11,13H,5-8H2;1H. The van der Waals surface area contributed by atoms with Crippen LogP contribution in [0.2, 0.25) is 0 Å². The van der Waals surface area contributed by atoms with Crippen LogP contribution in [0.15, 0.2) is 24.3 Å². The zero-order valence-corrected chi connectivity index (χ0v) is 9.97. The van der Waals surface area contributed by atoms with Crippen molar-refractivity contribution in [3.05, 3.63) is 35.4 Å². The molecule has 84 valence electrons. The SMILES string of the molecule is ClCc1ccccc1C1C[NH2+]CCO1.[Cl-]. The topological polar surface area (TPSA) is 25.8 Å². The maximum Gasteiger partial charge on any atom is 0.132 e. The Balaban J connectivity index is 0.00000112. The molecule has 1 heterocycles. The minimum Gasteiger partial charge on any atom is -1.00 e. The summed E-state index contributed by atoms with van der Waals surface area (Å²) >= 11 is 5.89. The normalized spacial score (nSPS) is 20.7. The molecule has 1 fully saturated rings. The predicted molar refractivity (Wildman–Crippen MR) is 56.4 cm³/mol. The quantitative estimate of drug-likeness (QED) is 0.606. The molecule has 0 saturated carbocycles. The Hall–Kier alpha value is -0.280. The summed E-state index contributed by atoms with van der Waals surface area (Å²) in [6, 6.07) is 8.25. The van der Waals surface area contributed by atoms with Gasteiger partial charge in [0.05, 0.1) is 13.2 Å². The number of alkyl halides is 1. The Kier molecular flexibility index (Phi) is 5.40. The molecule has 0 bridgehead atoms. The lowest BCUT2D eigenvalue weighted by Gasteiger charge is -2.22. The number of halogens is 2. The van der Waals surface area contributed by atoms with Crippen molar-refractivity contribution in [3.8, 4) is 0 Å². The molecule has 0 amide bonds. The second kappa shape index (κ2) is 6.33. The van der Waals surface area contributed by atoms with E-state index in [9.17, 15) is 0 Å². The molecular formula is C11H15Cl2NO. The average molecular weight is 248 g/mol. The number of nitrogens with two attached hydrogens (primary N) is 1. The fourth-order valence-electron chi connectivity index (χ4n) is 1.82. The van der Waals surface area contributed by atoms with Crippen LogP contribution in [0.4, 0.5) is 0 Å². The van der Waals surface area contributed by atoms with E-state index in [0.717, 1.165) is 19.7 Å². The zero-order chi connectivity index (χ0) is 9.80. The number of ether oxygens (including phenoxy) is 1. The van der Waals surface area contributed by atoms with Gasteiger partial charge in [0.25, 0.3) is 0 Å². The number of hydrogen-bond donors (Lipinski definition) is 1. The smallest absolute Gasteiger partial charge is 0.132 e. The first-order chi connectivity index (χ1) is 6.92. The van der Waals surface area contributed by atoms with Gasteiger partial charge in [0, 0.05) is 5.88 Å². The molecule has 1 atom stereocenters. The van der Waals surface area contributed by atoms with Crippen molar-refractivity contribution in [1.29, 1.82) is 0 Å². The molecular weight excluding hydrogens is 233 g/mol. The molecule has 0 spiro atoms. The second-order valence-electron chi connectivity index (χ2n) is 3.50. The predicted octanol–water partition coefficient (Wildman–Crippen LogP) is -1.94. The summed E-state index contributed by atoms with van der Waals surface area (Å²) in [7, 11) is 0. The first-order valence-corrected chi connectivity index (χ1v) is 5.52. The first kappa shape index (κ1) is 12.8. The summed E-state index contributed by atoms with van der Waals surface area (Å²) in [4.78, 5) is 0. The van der Waals surface area contributed by atoms with Gasteiger partial charge >= 0.3 is 0 Å². The number of benzene rings is 1. The van der Waals surface area contributed by atoms with Crippen molar-refractivity contribution in [2.24, 2.45) is 0 Å². The lowest BCUT2D eigenvalue weighted by molar-refractivity contribution is -0.678. The van der Waals surface area contributed by atoms with E-state index < -0.39 is 0 Å². The van der Waals surface area contributed by atoms with E-state index >= 15 is 0 Å². The second-order valence-corrected chi connectivity index (χ2v) is 3.77. The van der Waals surface area contributed by atoms with Crippen LogP contribution in [0, 0.1) is 0 Å². The fourth-order valence-corrected chi connectivity index (χ4v) is 2.06. The van der Waals surface area contributed by atoms with Crippen LogP contribution in [-0.2, 0) is 10.6 Å². The molecule has 15 heavy (non-hydrogen) atoms. The molecule has 2 rings (SSSR count). The van der Waals surface area contributed by atoms with Crippen molar-refractivity contribution in [2.45, 2.75) is 12.0 Å². The minimum absolute atomic E-state index is 0. The summed E-state index contributed by atoms with van der Waals surface area (Å²) in [6.07, 6.45) is 0.221. The number of quaternary nitrogens is 1. The van der Waals surface area contributed by atoms with Gasteiger partial charge in [-0.15, -0.1) is 11.6 Å². The van der Waals surface area contributed by atoms with Gasteiger partial charge in [0.2, 0.25) is 0 Å². The van der Waals surface area contributed by atoms with E-state index in [-0.39, 0.29) is 18.5 Å². The van der Waals surface area contributed by atoms with Gasteiger partial charge in [-0.2, -0.15) is 0 Å². The van der Waals surface area contributed by atoms with Crippen LogP contribution in [0.3, 0.4) is 0 Å². The Morgan fingerprint density at radius 1 is 1.40 bits per heavy atom. The largest absolute Gasteiger partial charge is 1.00 e. The third kappa shape index (κ3) is 3.08. The molecule has 0 aromatic heterocycles. The van der Waals surface area contributed by atoms with Gasteiger partial charge in [-0.25, -0.2) is 0 Å². The van der Waals surface area contributed by atoms with Crippen molar-refractivity contribution in [1.82, 2.24) is 0 Å². The Labute approximate surface area is 101 Å². The average Bonchev–Trinajstić information content (AvgIpc) is 2.30. The van der Waals surface area contributed by atoms with E-state index in [0.29, 0.717) is 5.88 Å². The maximum absolute atomic E-state index is 5.89. The first-order valence-electron chi connectivity index (χ1n) is 4.99. The van der Waals surface area contributed by atoms with Crippen molar-refractivity contribution >= 4 is 11.6 Å². The fraction of sp³-hybridized carbons (Fsp3) is 0.455. The van der Waals surface area contributed by atoms with Crippen LogP contribution in [0.5, 0.6) is 0 Å². The van der Waals surface area contributed by atoms with Crippen molar-refractivity contribution < 1.29 is 22.5 Å². The molecule has 1 unspecified atom stereocenters. The molecule has 1 aromatic rings. The summed E-state index contributed by atoms with van der Waals surface area (Å²) < 4.78 is 5.72. The molecule has 0 aliphatic carbocycles. The van der Waals surface area contributed by atoms with Gasteiger partial charge < -0.3 is 22.5 Å². The van der Waals surface area contributed by atoms with E-state index in [1.807, 2.05) is 12.1 Å². The highest BCUT2D eigenvalue weighted by atomic mass is 35.5. The Morgan fingerprint density at radius 2 is 2.20 bits per heavy atom. The summed E-state index contributed by atoms with van der Waals surface area (Å²) in [5.74, 6) is 0.566. The van der Waals surface area contributed by atoms with Gasteiger partial charge in [0.15, 0.2) is 0 Å². The zero-order valence-electron chi connectivity index (χ0n) is 8.46. The summed E-state index contributed by atoms with van der Waals surface area (Å²) in [5.41, 5.74) is 2.44. The summed E-state index contributed by atoms with van der Waals surface area (Å²) in [5, 5.41) is 2.29. The van der Waals surface area contributed by atoms with Crippen LogP contribution >= 0.6 is 11.6 Å². The van der Waals surface area contributed by atoms with Crippen LogP contribution in [0.1, 0.15) is 17.2 Å². The molecule has 1 saturated heterocycles. The molecule has 2 nitrogen and oxygen atoms in total. The van der Waals surface area contributed by atoms with Gasteiger partial charge in [-0.1, -0.05) is 24.3 Å². The third-order valence-corrected chi connectivity index (χ3v) is 2.86. The lowest BCUT2D eigenvalue weighted by Crippen LogP contribution is -3.00. The molecule has 1 aromatic carbocycles. The van der Waals surface area contributed by atoms with Crippen LogP contribution in [0.25, 0.3) is 0 Å². The van der Waals surface area contributed by atoms with Crippen LogP contribution in [-0.4, -0.2) is 19.7 Å². The van der Waals surface area contributed by atoms with Crippen LogP contribution < -0.4 is 17.7 Å². The van der Waals surface area contributed by atoms with E-state index in [2.05, 4.69) is 17.4 Å². The molecule has 0 radical (unpaired) electrons. The third-order valence-electron chi connectivity index (χ3n) is 2.57. The number of morpholine rings is 1. The van der Waals surface area contributed by atoms with Gasteiger partial charge in [-0.05, 0) is 11.1 Å². The minimum atomic E-state index is 0. The van der Waals surface area contributed by atoms with Crippen molar-refractivity contribution in [2.75, 3.05) is 19.7 Å². The van der Waals surface area contributed by atoms with E-state index in [4.69, 9.17) is 16.3 Å². The monoisotopic (exact) mass is 247 g/mol. The Morgan fingerprint density at radius 3 is 2.87 bits per heavy atom. The van der Waals surface area contributed by atoms with Gasteiger partial charge in [0.1, 0.15) is 12.6 Å². The van der Waals surface area contributed by atoms with Crippen molar-refractivity contribution in [3.63, 3.8) is 0 Å². The molecule has 1 aliphatic heterocycles. The lowest BCUT2D eigenvalue weighted by atomic mass is 10.0. The number of hydrogen-bond acceptors (Lipinski definition) is 1. The van der Waals surface area contributed by atoms with E-state index in [1.54, 1.807) is 0 Å². The maximum atomic E-state index is 5.89. The highest BCUT2D eigenvalue weighted by Gasteiger charge is 2.20. The number of rotatable bonds is 2. The molecule has 1 aliphatic rings. The molecule has 4 heteroatoms. The van der Waals surface area contributed by atoms with Gasteiger partial charge in [-0.3, -0.25) is 0 Å².